The van der Waals surface area contributed by atoms with Crippen LogP contribution in [0.1, 0.15) is 18.9 Å². The van der Waals surface area contributed by atoms with Crippen molar-refractivity contribution >= 4 is 31.8 Å². The first-order valence-corrected chi connectivity index (χ1v) is 8.81. The van der Waals surface area contributed by atoms with Gasteiger partial charge in [-0.15, -0.1) is 0 Å². The molecule has 2 N–H and O–H groups in total. The van der Waals surface area contributed by atoms with Crippen molar-refractivity contribution in [3.63, 3.8) is 0 Å². The summed E-state index contributed by atoms with van der Waals surface area (Å²) in [6.07, 6.45) is 0.781. The molecule has 0 aromatic heterocycles. The first-order chi connectivity index (χ1) is 9.36. The van der Waals surface area contributed by atoms with Crippen LogP contribution in [0.2, 0.25) is 0 Å². The second-order valence-electron chi connectivity index (χ2n) is 4.60. The minimum Gasteiger partial charge on any atom is -0.317 e. The molecule has 0 aliphatic heterocycles. The Morgan fingerprint density at radius 3 is 2.65 bits per heavy atom. The highest BCUT2D eigenvalue weighted by Crippen LogP contribution is 2.21. The summed E-state index contributed by atoms with van der Waals surface area (Å²) < 4.78 is 29.1. The molecule has 1 rings (SSSR count). The van der Waals surface area contributed by atoms with E-state index in [0.29, 0.717) is 12.2 Å². The lowest BCUT2D eigenvalue weighted by molar-refractivity contribution is 0.459. The maximum Gasteiger partial charge on any atom is 0.301 e. The molecule has 0 fully saturated rings. The van der Waals surface area contributed by atoms with Crippen LogP contribution in [0, 0.1) is 6.92 Å². The smallest absolute Gasteiger partial charge is 0.301 e. The van der Waals surface area contributed by atoms with E-state index >= 15 is 0 Å². The lowest BCUT2D eigenvalue weighted by atomic mass is 10.2. The van der Waals surface area contributed by atoms with Gasteiger partial charge >= 0.3 is 10.2 Å². The summed E-state index contributed by atoms with van der Waals surface area (Å²) in [7, 11) is -1.91. The number of halogens is 1. The summed E-state index contributed by atoms with van der Waals surface area (Å²) >= 11 is 3.39. The number of nitrogens with one attached hydrogen (secondary N) is 2. The predicted molar refractivity (Wildman–Crippen MR) is 87.2 cm³/mol. The molecule has 0 heterocycles. The van der Waals surface area contributed by atoms with E-state index in [2.05, 4.69) is 26.0 Å². The quantitative estimate of drug-likeness (QED) is 0.696. The van der Waals surface area contributed by atoms with E-state index in [1.54, 1.807) is 19.2 Å². The maximum atomic E-state index is 12.1. The molecule has 7 heteroatoms. The van der Waals surface area contributed by atoms with Gasteiger partial charge in [0.15, 0.2) is 0 Å². The molecule has 20 heavy (non-hydrogen) atoms. The second kappa shape index (κ2) is 7.97. The highest BCUT2D eigenvalue weighted by atomic mass is 79.9. The number of nitrogens with zero attached hydrogens (tertiary/aromatic N) is 1. The summed E-state index contributed by atoms with van der Waals surface area (Å²) in [5, 5.41) is 3.17. The molecule has 0 aliphatic rings. The third-order valence-corrected chi connectivity index (χ3v) is 5.26. The molecule has 0 unspecified atom stereocenters. The van der Waals surface area contributed by atoms with Crippen molar-refractivity contribution in [2.75, 3.05) is 31.4 Å². The number of rotatable bonds is 8. The Labute approximate surface area is 130 Å². The molecular formula is C13H22BrN3O2S. The van der Waals surface area contributed by atoms with Gasteiger partial charge in [-0.1, -0.05) is 28.9 Å². The van der Waals surface area contributed by atoms with Crippen molar-refractivity contribution in [1.82, 2.24) is 9.62 Å². The van der Waals surface area contributed by atoms with E-state index in [0.717, 1.165) is 29.5 Å². The zero-order chi connectivity index (χ0) is 15.2. The topological polar surface area (TPSA) is 61.4 Å². The number of aryl methyl sites for hydroxylation is 1. The Morgan fingerprint density at radius 1 is 1.35 bits per heavy atom. The van der Waals surface area contributed by atoms with Crippen molar-refractivity contribution in [3.05, 3.63) is 28.2 Å². The zero-order valence-electron chi connectivity index (χ0n) is 12.1. The predicted octanol–water partition coefficient (Wildman–Crippen LogP) is 2.35. The average molecular weight is 364 g/mol. The van der Waals surface area contributed by atoms with Gasteiger partial charge in [-0.2, -0.15) is 12.7 Å². The van der Waals surface area contributed by atoms with Crippen molar-refractivity contribution in [1.29, 1.82) is 0 Å². The van der Waals surface area contributed by atoms with Crippen molar-refractivity contribution < 1.29 is 8.42 Å². The summed E-state index contributed by atoms with van der Waals surface area (Å²) in [6, 6.07) is 5.39. The van der Waals surface area contributed by atoms with E-state index in [-0.39, 0.29) is 0 Å². The molecular weight excluding hydrogens is 342 g/mol. The summed E-state index contributed by atoms with van der Waals surface area (Å²) in [5.41, 5.74) is 1.62. The van der Waals surface area contributed by atoms with Crippen molar-refractivity contribution in [2.45, 2.75) is 20.3 Å². The normalized spacial score (nSPS) is 11.8. The SMILES string of the molecule is CCNCCCN(C)S(=O)(=O)Nc1ccc(C)c(Br)c1. The van der Waals surface area contributed by atoms with Gasteiger partial charge in [0.2, 0.25) is 0 Å². The molecule has 0 amide bonds. The van der Waals surface area contributed by atoms with Gasteiger partial charge in [0.1, 0.15) is 0 Å². The van der Waals surface area contributed by atoms with Gasteiger partial charge < -0.3 is 5.32 Å². The highest BCUT2D eigenvalue weighted by Gasteiger charge is 2.17. The molecule has 0 aliphatic carbocycles. The fourth-order valence-corrected chi connectivity index (χ4v) is 2.94. The van der Waals surface area contributed by atoms with E-state index < -0.39 is 10.2 Å². The van der Waals surface area contributed by atoms with E-state index in [9.17, 15) is 8.42 Å². The molecule has 0 radical (unpaired) electrons. The number of hydrogen-bond acceptors (Lipinski definition) is 3. The Hall–Kier alpha value is -0.630. The largest absolute Gasteiger partial charge is 0.317 e. The van der Waals surface area contributed by atoms with E-state index in [4.69, 9.17) is 0 Å². The molecule has 5 nitrogen and oxygen atoms in total. The van der Waals surface area contributed by atoms with Crippen LogP contribution in [0.4, 0.5) is 5.69 Å². The molecule has 0 saturated carbocycles. The van der Waals surface area contributed by atoms with E-state index in [1.807, 2.05) is 19.9 Å². The average Bonchev–Trinajstić information content (AvgIpc) is 2.38. The summed E-state index contributed by atoms with van der Waals surface area (Å²) in [4.78, 5) is 0. The molecule has 0 saturated heterocycles. The van der Waals surface area contributed by atoms with Gasteiger partial charge in [-0.3, -0.25) is 4.72 Å². The Kier molecular flexibility index (Phi) is 6.94. The minimum absolute atomic E-state index is 0.482. The highest BCUT2D eigenvalue weighted by molar-refractivity contribution is 9.10. The maximum absolute atomic E-state index is 12.1. The molecule has 0 spiro atoms. The van der Waals surface area contributed by atoms with Crippen LogP contribution in [-0.4, -0.2) is 39.4 Å². The van der Waals surface area contributed by atoms with Crippen molar-refractivity contribution in [3.8, 4) is 0 Å². The van der Waals surface area contributed by atoms with Crippen LogP contribution in [0.25, 0.3) is 0 Å². The molecule has 1 aromatic carbocycles. The molecule has 0 atom stereocenters. The molecule has 114 valence electrons. The fourth-order valence-electron chi connectivity index (χ4n) is 1.61. The fraction of sp³-hybridized carbons (Fsp3) is 0.538. The standard InChI is InChI=1S/C13H22BrN3O2S/c1-4-15-8-5-9-17(3)20(18,19)16-12-7-6-11(2)13(14)10-12/h6-7,10,15-16H,4-5,8-9H2,1-3H3. The van der Waals surface area contributed by atoms with Crippen LogP contribution in [-0.2, 0) is 10.2 Å². The number of anilines is 1. The Balaban J connectivity index is 2.61. The third kappa shape index (κ3) is 5.40. The summed E-state index contributed by atoms with van der Waals surface area (Å²) in [5.74, 6) is 0. The molecule has 1 aromatic rings. The Bertz CT molecular complexity index is 534. The zero-order valence-corrected chi connectivity index (χ0v) is 14.5. The van der Waals surface area contributed by atoms with Crippen molar-refractivity contribution in [2.24, 2.45) is 0 Å². The second-order valence-corrected chi connectivity index (χ2v) is 7.23. The first-order valence-electron chi connectivity index (χ1n) is 6.57. The van der Waals surface area contributed by atoms with Gasteiger partial charge in [0, 0.05) is 18.1 Å². The number of benzene rings is 1. The first kappa shape index (κ1) is 17.4. The third-order valence-electron chi connectivity index (χ3n) is 2.91. The monoisotopic (exact) mass is 363 g/mol. The summed E-state index contributed by atoms with van der Waals surface area (Å²) in [6.45, 7) is 6.17. The molecule has 0 bridgehead atoms. The van der Waals surface area contributed by atoms with Crippen LogP contribution in [0.15, 0.2) is 22.7 Å². The van der Waals surface area contributed by atoms with E-state index in [1.165, 1.54) is 4.31 Å². The van der Waals surface area contributed by atoms with Gasteiger partial charge in [0.05, 0.1) is 5.69 Å². The lowest BCUT2D eigenvalue weighted by Gasteiger charge is -2.18. The van der Waals surface area contributed by atoms with Crippen LogP contribution < -0.4 is 10.0 Å². The van der Waals surface area contributed by atoms with Gasteiger partial charge in [0.25, 0.3) is 0 Å². The van der Waals surface area contributed by atoms with Crippen LogP contribution in [0.5, 0.6) is 0 Å². The lowest BCUT2D eigenvalue weighted by Crippen LogP contribution is -2.34. The van der Waals surface area contributed by atoms with Crippen LogP contribution in [0.3, 0.4) is 0 Å². The van der Waals surface area contributed by atoms with Gasteiger partial charge in [-0.05, 0) is 44.1 Å². The minimum atomic E-state index is -3.50. The van der Waals surface area contributed by atoms with Crippen LogP contribution >= 0.6 is 15.9 Å². The Morgan fingerprint density at radius 2 is 2.05 bits per heavy atom. The van der Waals surface area contributed by atoms with Gasteiger partial charge in [-0.25, -0.2) is 0 Å². The number of hydrogen-bond donors (Lipinski definition) is 2.